The summed E-state index contributed by atoms with van der Waals surface area (Å²) in [7, 11) is -3.88. The van der Waals surface area contributed by atoms with Gasteiger partial charge in [-0.05, 0) is 42.0 Å². The van der Waals surface area contributed by atoms with Crippen molar-refractivity contribution in [2.45, 2.75) is 11.8 Å². The molecule has 0 unspecified atom stereocenters. The van der Waals surface area contributed by atoms with E-state index in [9.17, 15) is 17.2 Å². The lowest BCUT2D eigenvalue weighted by Crippen LogP contribution is -2.30. The van der Waals surface area contributed by atoms with Gasteiger partial charge in [0.15, 0.2) is 11.6 Å². The molecule has 0 spiro atoms. The van der Waals surface area contributed by atoms with Crippen LogP contribution in [0.2, 0.25) is 0 Å². The van der Waals surface area contributed by atoms with E-state index in [0.29, 0.717) is 0 Å². The van der Waals surface area contributed by atoms with Gasteiger partial charge in [0, 0.05) is 12.6 Å². The lowest BCUT2D eigenvalue weighted by molar-refractivity contribution is 0.508. The Morgan fingerprint density at radius 2 is 1.58 bits per heavy atom. The molecule has 0 aliphatic carbocycles. The molecule has 0 saturated heterocycles. The van der Waals surface area contributed by atoms with Crippen LogP contribution in [0.1, 0.15) is 6.92 Å². The molecule has 6 heteroatoms. The van der Waals surface area contributed by atoms with E-state index < -0.39 is 21.7 Å². The molecule has 0 aliphatic rings. The average molecular weight is 347 g/mol. The molecule has 0 amide bonds. The standard InChI is InChI=1S/C18H15F2NO2S/c1-2-21(15-8-10-17(19)18(20)12-15)24(22,23)16-9-7-13-5-3-4-6-14(13)11-16/h3-12H,2H2,1H3. The summed E-state index contributed by atoms with van der Waals surface area (Å²) in [5.41, 5.74) is 0.0876. The Hall–Kier alpha value is -2.47. The average Bonchev–Trinajstić information content (AvgIpc) is 2.58. The minimum Gasteiger partial charge on any atom is -0.267 e. The highest BCUT2D eigenvalue weighted by Gasteiger charge is 2.24. The fourth-order valence-corrected chi connectivity index (χ4v) is 4.09. The van der Waals surface area contributed by atoms with Crippen molar-refractivity contribution < 1.29 is 17.2 Å². The Morgan fingerprint density at radius 1 is 0.875 bits per heavy atom. The maximum Gasteiger partial charge on any atom is 0.264 e. The van der Waals surface area contributed by atoms with Gasteiger partial charge in [-0.2, -0.15) is 0 Å². The highest BCUT2D eigenvalue weighted by atomic mass is 32.2. The zero-order valence-corrected chi connectivity index (χ0v) is 13.7. The highest BCUT2D eigenvalue weighted by molar-refractivity contribution is 7.92. The second-order valence-electron chi connectivity index (χ2n) is 5.28. The first kappa shape index (κ1) is 16.4. The van der Waals surface area contributed by atoms with Crippen molar-refractivity contribution in [1.82, 2.24) is 0 Å². The van der Waals surface area contributed by atoms with Crippen molar-refractivity contribution >= 4 is 26.5 Å². The number of nitrogens with zero attached hydrogens (tertiary/aromatic N) is 1. The predicted molar refractivity (Wildman–Crippen MR) is 90.5 cm³/mol. The fourth-order valence-electron chi connectivity index (χ4n) is 2.59. The number of fused-ring (bicyclic) bond motifs is 1. The molecule has 3 aromatic carbocycles. The fraction of sp³-hybridized carbons (Fsp3) is 0.111. The van der Waals surface area contributed by atoms with E-state index in [1.165, 1.54) is 12.1 Å². The van der Waals surface area contributed by atoms with E-state index in [1.54, 1.807) is 19.1 Å². The van der Waals surface area contributed by atoms with Crippen LogP contribution in [0.5, 0.6) is 0 Å². The van der Waals surface area contributed by atoms with Crippen molar-refractivity contribution in [3.63, 3.8) is 0 Å². The Balaban J connectivity index is 2.10. The summed E-state index contributed by atoms with van der Waals surface area (Å²) < 4.78 is 53.5. The zero-order valence-electron chi connectivity index (χ0n) is 12.9. The number of halogens is 2. The van der Waals surface area contributed by atoms with Crippen LogP contribution in [0, 0.1) is 11.6 Å². The van der Waals surface area contributed by atoms with E-state index in [2.05, 4.69) is 0 Å². The molecular weight excluding hydrogens is 332 g/mol. The summed E-state index contributed by atoms with van der Waals surface area (Å²) in [5.74, 6) is -2.10. The smallest absolute Gasteiger partial charge is 0.264 e. The summed E-state index contributed by atoms with van der Waals surface area (Å²) >= 11 is 0. The quantitative estimate of drug-likeness (QED) is 0.704. The minimum absolute atomic E-state index is 0.0876. The number of hydrogen-bond acceptors (Lipinski definition) is 2. The molecule has 3 nitrogen and oxygen atoms in total. The van der Waals surface area contributed by atoms with Crippen LogP contribution in [-0.2, 0) is 10.0 Å². The van der Waals surface area contributed by atoms with Crippen LogP contribution in [0.4, 0.5) is 14.5 Å². The Kier molecular flexibility index (Phi) is 4.24. The van der Waals surface area contributed by atoms with Gasteiger partial charge in [0.1, 0.15) is 0 Å². The maximum absolute atomic E-state index is 13.5. The highest BCUT2D eigenvalue weighted by Crippen LogP contribution is 2.27. The molecule has 24 heavy (non-hydrogen) atoms. The number of benzene rings is 3. The van der Waals surface area contributed by atoms with Gasteiger partial charge in [0.2, 0.25) is 0 Å². The Labute approximate surface area is 139 Å². The second kappa shape index (κ2) is 6.20. The van der Waals surface area contributed by atoms with E-state index >= 15 is 0 Å². The lowest BCUT2D eigenvalue weighted by Gasteiger charge is -2.23. The first-order valence-electron chi connectivity index (χ1n) is 7.40. The molecule has 0 saturated carbocycles. The molecule has 0 fully saturated rings. The predicted octanol–water partition coefficient (Wildman–Crippen LogP) is 4.33. The van der Waals surface area contributed by atoms with Crippen LogP contribution >= 0.6 is 0 Å². The monoisotopic (exact) mass is 347 g/mol. The maximum atomic E-state index is 13.5. The second-order valence-corrected chi connectivity index (χ2v) is 7.14. The first-order valence-corrected chi connectivity index (χ1v) is 8.84. The van der Waals surface area contributed by atoms with Crippen LogP contribution in [-0.4, -0.2) is 15.0 Å². The number of sulfonamides is 1. The molecule has 3 aromatic rings. The molecule has 0 aromatic heterocycles. The van der Waals surface area contributed by atoms with Gasteiger partial charge in [-0.3, -0.25) is 4.31 Å². The van der Waals surface area contributed by atoms with Crippen LogP contribution < -0.4 is 4.31 Å². The summed E-state index contributed by atoms with van der Waals surface area (Å²) in [6.07, 6.45) is 0. The number of hydrogen-bond donors (Lipinski definition) is 0. The molecule has 0 radical (unpaired) electrons. The normalized spacial score (nSPS) is 11.6. The van der Waals surface area contributed by atoms with Gasteiger partial charge in [-0.25, -0.2) is 17.2 Å². The topological polar surface area (TPSA) is 37.4 Å². The number of anilines is 1. The SMILES string of the molecule is CCN(c1ccc(F)c(F)c1)S(=O)(=O)c1ccc2ccccc2c1. The summed E-state index contributed by atoms with van der Waals surface area (Å²) in [4.78, 5) is 0.104. The van der Waals surface area contributed by atoms with Crippen LogP contribution in [0.15, 0.2) is 65.6 Å². The van der Waals surface area contributed by atoms with Gasteiger partial charge in [-0.15, -0.1) is 0 Å². The van der Waals surface area contributed by atoms with E-state index in [0.717, 1.165) is 27.2 Å². The first-order chi connectivity index (χ1) is 11.4. The molecule has 3 rings (SSSR count). The zero-order chi connectivity index (χ0) is 17.3. The van der Waals surface area contributed by atoms with E-state index in [1.807, 2.05) is 24.3 Å². The minimum atomic E-state index is -3.88. The third-order valence-corrected chi connectivity index (χ3v) is 5.69. The van der Waals surface area contributed by atoms with E-state index in [-0.39, 0.29) is 17.1 Å². The van der Waals surface area contributed by atoms with Crippen LogP contribution in [0.3, 0.4) is 0 Å². The molecule has 0 aliphatic heterocycles. The summed E-state index contributed by atoms with van der Waals surface area (Å²) in [6, 6.07) is 15.3. The molecule has 0 atom stereocenters. The van der Waals surface area contributed by atoms with Gasteiger partial charge in [0.05, 0.1) is 10.6 Å². The third kappa shape index (κ3) is 2.85. The molecule has 0 N–H and O–H groups in total. The Bertz CT molecular complexity index is 1000. The van der Waals surface area contributed by atoms with Crippen molar-refractivity contribution in [3.8, 4) is 0 Å². The van der Waals surface area contributed by atoms with Gasteiger partial charge < -0.3 is 0 Å². The van der Waals surface area contributed by atoms with Crippen molar-refractivity contribution in [2.75, 3.05) is 10.8 Å². The largest absolute Gasteiger partial charge is 0.267 e. The molecule has 0 bridgehead atoms. The van der Waals surface area contributed by atoms with Gasteiger partial charge >= 0.3 is 0 Å². The van der Waals surface area contributed by atoms with E-state index in [4.69, 9.17) is 0 Å². The molecule has 124 valence electrons. The Morgan fingerprint density at radius 3 is 2.25 bits per heavy atom. The van der Waals surface area contributed by atoms with Crippen LogP contribution in [0.25, 0.3) is 10.8 Å². The number of rotatable bonds is 4. The van der Waals surface area contributed by atoms with Crippen molar-refractivity contribution in [2.24, 2.45) is 0 Å². The molecule has 0 heterocycles. The third-order valence-electron chi connectivity index (χ3n) is 3.79. The van der Waals surface area contributed by atoms with Gasteiger partial charge in [0.25, 0.3) is 10.0 Å². The summed E-state index contributed by atoms with van der Waals surface area (Å²) in [5, 5.41) is 1.72. The summed E-state index contributed by atoms with van der Waals surface area (Å²) in [6.45, 7) is 1.74. The van der Waals surface area contributed by atoms with Crippen molar-refractivity contribution in [1.29, 1.82) is 0 Å². The lowest BCUT2D eigenvalue weighted by atomic mass is 10.1. The van der Waals surface area contributed by atoms with Crippen molar-refractivity contribution in [3.05, 3.63) is 72.3 Å². The van der Waals surface area contributed by atoms with Gasteiger partial charge in [-0.1, -0.05) is 30.3 Å². The molecular formula is C18H15F2NO2S.